The van der Waals surface area contributed by atoms with Crippen LogP contribution in [-0.2, 0) is 6.42 Å². The minimum atomic E-state index is -0.184. The van der Waals surface area contributed by atoms with Gasteiger partial charge < -0.3 is 5.32 Å². The second-order valence-electron chi connectivity index (χ2n) is 4.09. The molecule has 0 heterocycles. The number of hydrogen-bond donors (Lipinski definition) is 1. The molecule has 0 saturated carbocycles. The fourth-order valence-corrected chi connectivity index (χ4v) is 1.96. The molecule has 0 bridgehead atoms. The normalized spacial score (nSPS) is 12.4. The molecule has 0 saturated heterocycles. The highest BCUT2D eigenvalue weighted by Crippen LogP contribution is 2.18. The summed E-state index contributed by atoms with van der Waals surface area (Å²) in [5.74, 6) is -0.184. The Morgan fingerprint density at radius 3 is 2.47 bits per heavy atom. The van der Waals surface area contributed by atoms with E-state index in [1.807, 2.05) is 31.3 Å². The first-order valence-corrected chi connectivity index (χ1v) is 5.76. The highest BCUT2D eigenvalue weighted by Gasteiger charge is 2.10. The molecule has 2 aromatic rings. The summed E-state index contributed by atoms with van der Waals surface area (Å²) in [6, 6.07) is 17.1. The zero-order valence-electron chi connectivity index (χ0n) is 9.86. The van der Waals surface area contributed by atoms with E-state index in [0.717, 1.165) is 12.0 Å². The van der Waals surface area contributed by atoms with Gasteiger partial charge in [-0.15, -0.1) is 0 Å². The smallest absolute Gasteiger partial charge is 0.123 e. The van der Waals surface area contributed by atoms with Crippen LogP contribution in [0.15, 0.2) is 54.6 Å². The van der Waals surface area contributed by atoms with Gasteiger partial charge in [0.05, 0.1) is 0 Å². The van der Waals surface area contributed by atoms with Gasteiger partial charge in [-0.2, -0.15) is 0 Å². The van der Waals surface area contributed by atoms with E-state index in [9.17, 15) is 4.39 Å². The summed E-state index contributed by atoms with van der Waals surface area (Å²) in [7, 11) is 1.90. The molecule has 1 atom stereocenters. The Morgan fingerprint density at radius 2 is 1.82 bits per heavy atom. The summed E-state index contributed by atoms with van der Waals surface area (Å²) in [4.78, 5) is 0. The quantitative estimate of drug-likeness (QED) is 0.848. The van der Waals surface area contributed by atoms with E-state index in [2.05, 4.69) is 17.4 Å². The molecule has 0 aliphatic carbocycles. The van der Waals surface area contributed by atoms with Gasteiger partial charge in [-0.25, -0.2) is 4.39 Å². The topological polar surface area (TPSA) is 12.0 Å². The van der Waals surface area contributed by atoms with E-state index in [0.29, 0.717) is 0 Å². The van der Waals surface area contributed by atoms with Crippen LogP contribution in [0, 0.1) is 5.82 Å². The molecule has 0 amide bonds. The first-order valence-electron chi connectivity index (χ1n) is 5.76. The number of likely N-dealkylation sites (N-methyl/N-ethyl adjacent to an activating group) is 1. The molecule has 0 spiro atoms. The van der Waals surface area contributed by atoms with Gasteiger partial charge in [0.15, 0.2) is 0 Å². The van der Waals surface area contributed by atoms with E-state index in [1.165, 1.54) is 11.6 Å². The summed E-state index contributed by atoms with van der Waals surface area (Å²) >= 11 is 0. The van der Waals surface area contributed by atoms with Gasteiger partial charge >= 0.3 is 0 Å². The van der Waals surface area contributed by atoms with Crippen molar-refractivity contribution in [2.45, 2.75) is 12.5 Å². The van der Waals surface area contributed by atoms with Crippen LogP contribution >= 0.6 is 0 Å². The average Bonchev–Trinajstić information content (AvgIpc) is 2.37. The largest absolute Gasteiger partial charge is 0.313 e. The molecular weight excluding hydrogens is 213 g/mol. The molecule has 0 aromatic heterocycles. The van der Waals surface area contributed by atoms with Crippen LogP contribution in [0.5, 0.6) is 0 Å². The number of rotatable bonds is 4. The monoisotopic (exact) mass is 229 g/mol. The van der Waals surface area contributed by atoms with Gasteiger partial charge in [-0.3, -0.25) is 0 Å². The molecule has 1 N–H and O–H groups in total. The third-order valence-electron chi connectivity index (χ3n) is 2.88. The second kappa shape index (κ2) is 5.60. The summed E-state index contributed by atoms with van der Waals surface area (Å²) < 4.78 is 13.2. The Morgan fingerprint density at radius 1 is 1.06 bits per heavy atom. The van der Waals surface area contributed by atoms with Gasteiger partial charge in [0.2, 0.25) is 0 Å². The summed E-state index contributed by atoms with van der Waals surface area (Å²) in [5, 5.41) is 3.23. The van der Waals surface area contributed by atoms with E-state index in [1.54, 1.807) is 12.1 Å². The third-order valence-corrected chi connectivity index (χ3v) is 2.88. The fraction of sp³-hybridized carbons (Fsp3) is 0.200. The first-order chi connectivity index (χ1) is 8.29. The Bertz CT molecular complexity index is 467. The number of halogens is 1. The molecule has 1 nitrogen and oxygen atoms in total. The van der Waals surface area contributed by atoms with Gasteiger partial charge in [0.1, 0.15) is 5.82 Å². The molecular formula is C15H16FN. The third kappa shape index (κ3) is 3.14. The van der Waals surface area contributed by atoms with E-state index in [-0.39, 0.29) is 11.9 Å². The maximum absolute atomic E-state index is 13.2. The highest BCUT2D eigenvalue weighted by atomic mass is 19.1. The molecule has 2 aromatic carbocycles. The maximum Gasteiger partial charge on any atom is 0.123 e. The number of hydrogen-bond acceptors (Lipinski definition) is 1. The zero-order valence-corrected chi connectivity index (χ0v) is 9.86. The van der Waals surface area contributed by atoms with Crippen LogP contribution in [0.4, 0.5) is 4.39 Å². The fourth-order valence-electron chi connectivity index (χ4n) is 1.96. The van der Waals surface area contributed by atoms with E-state index < -0.39 is 0 Å². The lowest BCUT2D eigenvalue weighted by molar-refractivity contribution is 0.577. The summed E-state index contributed by atoms with van der Waals surface area (Å²) in [6.45, 7) is 0. The Balaban J connectivity index is 2.17. The molecule has 88 valence electrons. The predicted octanol–water partition coefficient (Wildman–Crippen LogP) is 3.33. The van der Waals surface area contributed by atoms with E-state index >= 15 is 0 Å². The van der Waals surface area contributed by atoms with Gasteiger partial charge in [-0.05, 0) is 36.7 Å². The standard InChI is InChI=1S/C15H16FN/c1-17-15(10-12-6-3-2-4-7-12)13-8-5-9-14(16)11-13/h2-9,11,15,17H,10H2,1H3. The van der Waals surface area contributed by atoms with Crippen molar-refractivity contribution in [3.8, 4) is 0 Å². The van der Waals surface area contributed by atoms with Crippen molar-refractivity contribution < 1.29 is 4.39 Å². The van der Waals surface area contributed by atoms with Crippen LogP contribution < -0.4 is 5.32 Å². The van der Waals surface area contributed by atoms with Crippen molar-refractivity contribution >= 4 is 0 Å². The van der Waals surface area contributed by atoms with Crippen LogP contribution in [0.2, 0.25) is 0 Å². The maximum atomic E-state index is 13.2. The molecule has 1 unspecified atom stereocenters. The van der Waals surface area contributed by atoms with Crippen molar-refractivity contribution in [1.82, 2.24) is 5.32 Å². The zero-order chi connectivity index (χ0) is 12.1. The van der Waals surface area contributed by atoms with Crippen molar-refractivity contribution in [2.75, 3.05) is 7.05 Å². The molecule has 0 aliphatic rings. The van der Waals surface area contributed by atoms with Crippen LogP contribution in [0.3, 0.4) is 0 Å². The lowest BCUT2D eigenvalue weighted by Gasteiger charge is -2.16. The van der Waals surface area contributed by atoms with Crippen LogP contribution in [0.25, 0.3) is 0 Å². The minimum Gasteiger partial charge on any atom is -0.313 e. The molecule has 0 aliphatic heterocycles. The Labute approximate surface area is 101 Å². The van der Waals surface area contributed by atoms with Crippen molar-refractivity contribution in [3.63, 3.8) is 0 Å². The van der Waals surface area contributed by atoms with Gasteiger partial charge in [-0.1, -0.05) is 42.5 Å². The average molecular weight is 229 g/mol. The van der Waals surface area contributed by atoms with Crippen molar-refractivity contribution in [1.29, 1.82) is 0 Å². The number of nitrogens with one attached hydrogen (secondary N) is 1. The molecule has 0 radical (unpaired) electrons. The lowest BCUT2D eigenvalue weighted by atomic mass is 9.99. The van der Waals surface area contributed by atoms with Crippen molar-refractivity contribution in [2.24, 2.45) is 0 Å². The second-order valence-corrected chi connectivity index (χ2v) is 4.09. The van der Waals surface area contributed by atoms with Crippen molar-refractivity contribution in [3.05, 3.63) is 71.5 Å². The molecule has 0 fully saturated rings. The SMILES string of the molecule is CNC(Cc1ccccc1)c1cccc(F)c1. The van der Waals surface area contributed by atoms with Gasteiger partial charge in [0.25, 0.3) is 0 Å². The lowest BCUT2D eigenvalue weighted by Crippen LogP contribution is -2.18. The number of benzene rings is 2. The summed E-state index contributed by atoms with van der Waals surface area (Å²) in [5.41, 5.74) is 2.23. The van der Waals surface area contributed by atoms with Gasteiger partial charge in [0, 0.05) is 6.04 Å². The molecule has 2 heteroatoms. The first kappa shape index (κ1) is 11.8. The van der Waals surface area contributed by atoms with E-state index in [4.69, 9.17) is 0 Å². The summed E-state index contributed by atoms with van der Waals surface area (Å²) in [6.07, 6.45) is 0.862. The Kier molecular flexibility index (Phi) is 3.89. The molecule has 2 rings (SSSR count). The molecule has 17 heavy (non-hydrogen) atoms. The highest BCUT2D eigenvalue weighted by molar-refractivity contribution is 5.24. The van der Waals surface area contributed by atoms with Crippen LogP contribution in [0.1, 0.15) is 17.2 Å². The minimum absolute atomic E-state index is 0.146. The Hall–Kier alpha value is -1.67. The predicted molar refractivity (Wildman–Crippen MR) is 68.3 cm³/mol. The van der Waals surface area contributed by atoms with Crippen LogP contribution in [-0.4, -0.2) is 7.05 Å².